The molecule has 2 nitrogen and oxygen atoms in total. The SMILES string of the molecule is Oc1cc(C(F)(F)F)c(O)c(Br)c1Br. The Hall–Kier alpha value is -0.430. The van der Waals surface area contributed by atoms with E-state index in [1.807, 2.05) is 0 Å². The van der Waals surface area contributed by atoms with Crippen LogP contribution in [0.2, 0.25) is 0 Å². The minimum absolute atomic E-state index is 0.0250. The first-order valence-electron chi connectivity index (χ1n) is 3.22. The molecular formula is C7H3Br2F3O2. The Kier molecular flexibility index (Phi) is 3.01. The lowest BCUT2D eigenvalue weighted by atomic mass is 10.2. The Morgan fingerprint density at radius 3 is 2.00 bits per heavy atom. The van der Waals surface area contributed by atoms with Crippen LogP contribution in [0.3, 0.4) is 0 Å². The topological polar surface area (TPSA) is 40.5 Å². The molecule has 0 aliphatic heterocycles. The number of halogens is 5. The van der Waals surface area contributed by atoms with Gasteiger partial charge in [-0.1, -0.05) is 0 Å². The molecule has 0 aliphatic rings. The molecule has 0 saturated heterocycles. The number of benzene rings is 1. The van der Waals surface area contributed by atoms with Gasteiger partial charge < -0.3 is 10.2 Å². The van der Waals surface area contributed by atoms with Crippen LogP contribution in [0.4, 0.5) is 13.2 Å². The Morgan fingerprint density at radius 1 is 1.07 bits per heavy atom. The molecule has 14 heavy (non-hydrogen) atoms. The summed E-state index contributed by atoms with van der Waals surface area (Å²) >= 11 is 5.52. The van der Waals surface area contributed by atoms with Crippen LogP contribution < -0.4 is 0 Å². The van der Waals surface area contributed by atoms with Gasteiger partial charge >= 0.3 is 6.18 Å². The quantitative estimate of drug-likeness (QED) is 0.711. The van der Waals surface area contributed by atoms with Crippen molar-refractivity contribution in [2.45, 2.75) is 6.18 Å². The molecule has 2 N–H and O–H groups in total. The summed E-state index contributed by atoms with van der Waals surface area (Å²) in [6.45, 7) is 0. The van der Waals surface area contributed by atoms with Gasteiger partial charge in [0.15, 0.2) is 0 Å². The van der Waals surface area contributed by atoms with E-state index in [1.54, 1.807) is 0 Å². The minimum Gasteiger partial charge on any atom is -0.507 e. The molecule has 0 saturated carbocycles. The number of alkyl halides is 3. The second-order valence-corrected chi connectivity index (χ2v) is 4.00. The first-order valence-corrected chi connectivity index (χ1v) is 4.81. The maximum absolute atomic E-state index is 12.2. The summed E-state index contributed by atoms with van der Waals surface area (Å²) in [5.74, 6) is -1.55. The minimum atomic E-state index is -4.70. The lowest BCUT2D eigenvalue weighted by Gasteiger charge is -2.12. The molecule has 0 radical (unpaired) electrons. The molecule has 1 aromatic rings. The molecule has 78 valence electrons. The van der Waals surface area contributed by atoms with Crippen LogP contribution in [0.1, 0.15) is 5.56 Å². The molecule has 0 bridgehead atoms. The summed E-state index contributed by atoms with van der Waals surface area (Å²) < 4.78 is 36.4. The molecule has 7 heteroatoms. The van der Waals surface area contributed by atoms with Crippen molar-refractivity contribution in [2.24, 2.45) is 0 Å². The van der Waals surface area contributed by atoms with Gasteiger partial charge in [0.25, 0.3) is 0 Å². The summed E-state index contributed by atoms with van der Waals surface area (Å²) in [5, 5.41) is 18.2. The lowest BCUT2D eigenvalue weighted by Crippen LogP contribution is -2.05. The smallest absolute Gasteiger partial charge is 0.420 e. The van der Waals surface area contributed by atoms with Crippen molar-refractivity contribution in [3.8, 4) is 11.5 Å². The predicted molar refractivity (Wildman–Crippen MR) is 50.2 cm³/mol. The van der Waals surface area contributed by atoms with Crippen LogP contribution in [0.15, 0.2) is 15.0 Å². The van der Waals surface area contributed by atoms with Crippen LogP contribution in [0.5, 0.6) is 11.5 Å². The molecule has 0 unspecified atom stereocenters. The first-order chi connectivity index (χ1) is 6.25. The Balaban J connectivity index is 3.49. The molecule has 1 aromatic carbocycles. The maximum atomic E-state index is 12.2. The van der Waals surface area contributed by atoms with Crippen molar-refractivity contribution >= 4 is 31.9 Å². The standard InChI is InChI=1S/C7H3Br2F3O2/c8-4-3(13)1-2(7(10,11)12)6(14)5(4)9/h1,13-14H. The van der Waals surface area contributed by atoms with E-state index < -0.39 is 23.2 Å². The monoisotopic (exact) mass is 334 g/mol. The zero-order chi connectivity index (χ0) is 11.1. The van der Waals surface area contributed by atoms with E-state index in [0.29, 0.717) is 6.07 Å². The molecule has 0 amide bonds. The highest BCUT2D eigenvalue weighted by Crippen LogP contribution is 2.46. The van der Waals surface area contributed by atoms with E-state index in [4.69, 9.17) is 10.2 Å². The predicted octanol–water partition coefficient (Wildman–Crippen LogP) is 3.64. The number of aromatic hydroxyl groups is 2. The molecule has 0 aromatic heterocycles. The Morgan fingerprint density at radius 2 is 1.57 bits per heavy atom. The van der Waals surface area contributed by atoms with Crippen molar-refractivity contribution in [1.82, 2.24) is 0 Å². The molecule has 1 rings (SSSR count). The largest absolute Gasteiger partial charge is 0.507 e. The van der Waals surface area contributed by atoms with Gasteiger partial charge in [0.05, 0.1) is 8.95 Å². The van der Waals surface area contributed by atoms with Gasteiger partial charge in [0.1, 0.15) is 17.1 Å². The van der Waals surface area contributed by atoms with Crippen molar-refractivity contribution in [2.75, 3.05) is 0 Å². The van der Waals surface area contributed by atoms with Crippen LogP contribution in [0, 0.1) is 0 Å². The zero-order valence-electron chi connectivity index (χ0n) is 6.36. The molecule has 0 spiro atoms. The average Bonchev–Trinajstić information content (AvgIpc) is 2.06. The second-order valence-electron chi connectivity index (χ2n) is 2.42. The summed E-state index contributed by atoms with van der Waals surface area (Å²) in [6, 6.07) is 0.449. The van der Waals surface area contributed by atoms with Gasteiger partial charge in [-0.05, 0) is 37.9 Å². The van der Waals surface area contributed by atoms with Crippen molar-refractivity contribution in [3.05, 3.63) is 20.6 Å². The summed E-state index contributed by atoms with van der Waals surface area (Å²) in [5.41, 5.74) is -1.29. The Labute approximate surface area is 93.6 Å². The lowest BCUT2D eigenvalue weighted by molar-refractivity contribution is -0.138. The van der Waals surface area contributed by atoms with Crippen molar-refractivity contribution < 1.29 is 23.4 Å². The number of phenols is 2. The summed E-state index contributed by atoms with van der Waals surface area (Å²) in [7, 11) is 0. The molecule has 0 atom stereocenters. The van der Waals surface area contributed by atoms with Crippen LogP contribution in [0.25, 0.3) is 0 Å². The highest BCUT2D eigenvalue weighted by atomic mass is 79.9. The van der Waals surface area contributed by atoms with Crippen LogP contribution in [-0.2, 0) is 6.18 Å². The molecule has 0 heterocycles. The van der Waals surface area contributed by atoms with E-state index in [0.717, 1.165) is 0 Å². The number of rotatable bonds is 0. The van der Waals surface area contributed by atoms with E-state index in [1.165, 1.54) is 0 Å². The second kappa shape index (κ2) is 3.62. The number of hydrogen-bond donors (Lipinski definition) is 2. The number of hydrogen-bond acceptors (Lipinski definition) is 2. The third-order valence-electron chi connectivity index (χ3n) is 1.47. The highest BCUT2D eigenvalue weighted by Gasteiger charge is 2.36. The van der Waals surface area contributed by atoms with E-state index in [9.17, 15) is 13.2 Å². The van der Waals surface area contributed by atoms with Gasteiger partial charge in [0.2, 0.25) is 0 Å². The third kappa shape index (κ3) is 1.98. The normalized spacial score (nSPS) is 11.8. The fourth-order valence-corrected chi connectivity index (χ4v) is 1.54. The van der Waals surface area contributed by atoms with Crippen molar-refractivity contribution in [3.63, 3.8) is 0 Å². The Bertz CT molecular complexity index is 376. The zero-order valence-corrected chi connectivity index (χ0v) is 9.53. The first kappa shape index (κ1) is 11.6. The van der Waals surface area contributed by atoms with Gasteiger partial charge in [0, 0.05) is 0 Å². The van der Waals surface area contributed by atoms with Crippen LogP contribution >= 0.6 is 31.9 Å². The van der Waals surface area contributed by atoms with E-state index in [2.05, 4.69) is 31.9 Å². The molecule has 0 fully saturated rings. The fourth-order valence-electron chi connectivity index (χ4n) is 0.819. The van der Waals surface area contributed by atoms with Crippen LogP contribution in [-0.4, -0.2) is 10.2 Å². The maximum Gasteiger partial charge on any atom is 0.420 e. The summed E-state index contributed by atoms with van der Waals surface area (Å²) in [6.07, 6.45) is -4.70. The van der Waals surface area contributed by atoms with E-state index >= 15 is 0 Å². The van der Waals surface area contributed by atoms with Gasteiger partial charge in [-0.25, -0.2) is 0 Å². The summed E-state index contributed by atoms with van der Waals surface area (Å²) in [4.78, 5) is 0. The van der Waals surface area contributed by atoms with Gasteiger partial charge in [-0.3, -0.25) is 0 Å². The van der Waals surface area contributed by atoms with Gasteiger partial charge in [-0.15, -0.1) is 0 Å². The fraction of sp³-hybridized carbons (Fsp3) is 0.143. The molecule has 0 aliphatic carbocycles. The average molecular weight is 336 g/mol. The molecular weight excluding hydrogens is 333 g/mol. The number of phenolic OH excluding ortho intramolecular Hbond substituents is 2. The van der Waals surface area contributed by atoms with Gasteiger partial charge in [-0.2, -0.15) is 13.2 Å². The third-order valence-corrected chi connectivity index (χ3v) is 3.57. The van der Waals surface area contributed by atoms with Crippen molar-refractivity contribution in [1.29, 1.82) is 0 Å². The highest BCUT2D eigenvalue weighted by molar-refractivity contribution is 9.13. The van der Waals surface area contributed by atoms with E-state index in [-0.39, 0.29) is 8.95 Å².